The van der Waals surface area contributed by atoms with Crippen LogP contribution >= 0.6 is 11.6 Å². The molecule has 1 saturated heterocycles. The van der Waals surface area contributed by atoms with E-state index in [-0.39, 0.29) is 0 Å². The minimum absolute atomic E-state index is 0.327. The van der Waals surface area contributed by atoms with E-state index in [1.165, 1.54) is 4.31 Å². The second-order valence-electron chi connectivity index (χ2n) is 6.50. The van der Waals surface area contributed by atoms with Crippen LogP contribution in [0.25, 0.3) is 11.5 Å². The van der Waals surface area contributed by atoms with Crippen molar-refractivity contribution in [3.8, 4) is 11.5 Å². The van der Waals surface area contributed by atoms with Crippen LogP contribution in [-0.4, -0.2) is 54.0 Å². The molecular weight excluding hydrogens is 400 g/mol. The van der Waals surface area contributed by atoms with Crippen LogP contribution in [-0.2, 0) is 16.6 Å². The minimum Gasteiger partial charge on any atom is -0.419 e. The molecule has 4 rings (SSSR count). The molecule has 0 spiro atoms. The number of aromatic nitrogens is 2. The second-order valence-corrected chi connectivity index (χ2v) is 8.88. The van der Waals surface area contributed by atoms with Crippen LogP contribution in [0.2, 0.25) is 5.02 Å². The topological polar surface area (TPSA) is 79.5 Å². The van der Waals surface area contributed by atoms with Gasteiger partial charge in [0, 0.05) is 36.8 Å². The third-order valence-electron chi connectivity index (χ3n) is 4.63. The predicted molar refractivity (Wildman–Crippen MR) is 105 cm³/mol. The molecule has 0 aliphatic carbocycles. The Morgan fingerprint density at radius 2 is 1.61 bits per heavy atom. The van der Waals surface area contributed by atoms with E-state index in [0.29, 0.717) is 54.4 Å². The minimum atomic E-state index is -3.45. The summed E-state index contributed by atoms with van der Waals surface area (Å²) in [6.07, 6.45) is 0. The number of nitrogens with zero attached hydrogens (tertiary/aromatic N) is 4. The number of benzene rings is 2. The Kier molecular flexibility index (Phi) is 5.45. The van der Waals surface area contributed by atoms with E-state index in [2.05, 4.69) is 15.1 Å². The summed E-state index contributed by atoms with van der Waals surface area (Å²) >= 11 is 5.90. The van der Waals surface area contributed by atoms with Crippen molar-refractivity contribution in [3.05, 3.63) is 65.5 Å². The zero-order chi connectivity index (χ0) is 19.6. The summed E-state index contributed by atoms with van der Waals surface area (Å²) in [5.74, 6) is 0.946. The molecule has 2 aromatic carbocycles. The van der Waals surface area contributed by atoms with Crippen molar-refractivity contribution in [2.45, 2.75) is 11.4 Å². The van der Waals surface area contributed by atoms with Gasteiger partial charge in [-0.2, -0.15) is 4.31 Å². The van der Waals surface area contributed by atoms with E-state index in [9.17, 15) is 8.42 Å². The maximum Gasteiger partial charge on any atom is 0.247 e. The number of halogens is 1. The number of rotatable bonds is 5. The van der Waals surface area contributed by atoms with Gasteiger partial charge in [-0.3, -0.25) is 4.90 Å². The SMILES string of the molecule is O=S(=O)(c1ccccc1)N1CCN(Cc2nnc(-c3ccc(Cl)cc3)o2)CC1. The van der Waals surface area contributed by atoms with Crippen LogP contribution in [0.4, 0.5) is 0 Å². The van der Waals surface area contributed by atoms with Crippen LogP contribution < -0.4 is 0 Å². The van der Waals surface area contributed by atoms with Crippen LogP contribution in [0.1, 0.15) is 5.89 Å². The molecular formula is C19H19ClN4O3S. The van der Waals surface area contributed by atoms with Gasteiger partial charge in [0.2, 0.25) is 21.8 Å². The van der Waals surface area contributed by atoms with Gasteiger partial charge in [-0.1, -0.05) is 29.8 Å². The van der Waals surface area contributed by atoms with Crippen molar-refractivity contribution < 1.29 is 12.8 Å². The van der Waals surface area contributed by atoms with Gasteiger partial charge in [0.1, 0.15) is 0 Å². The van der Waals surface area contributed by atoms with Gasteiger partial charge < -0.3 is 4.42 Å². The summed E-state index contributed by atoms with van der Waals surface area (Å²) in [6, 6.07) is 15.7. The highest BCUT2D eigenvalue weighted by Gasteiger charge is 2.28. The fourth-order valence-corrected chi connectivity index (χ4v) is 4.66. The highest BCUT2D eigenvalue weighted by atomic mass is 35.5. The Morgan fingerprint density at radius 1 is 0.929 bits per heavy atom. The number of hydrogen-bond acceptors (Lipinski definition) is 6. The molecule has 3 aromatic rings. The van der Waals surface area contributed by atoms with Crippen LogP contribution in [0.15, 0.2) is 63.9 Å². The van der Waals surface area contributed by atoms with Crippen LogP contribution in [0.3, 0.4) is 0 Å². The molecule has 1 aromatic heterocycles. The van der Waals surface area contributed by atoms with Gasteiger partial charge in [-0.15, -0.1) is 10.2 Å². The standard InChI is InChI=1S/C19H19ClN4O3S/c20-16-8-6-15(7-9-16)19-22-21-18(27-19)14-23-10-12-24(13-11-23)28(25,26)17-4-2-1-3-5-17/h1-9H,10-14H2. The summed E-state index contributed by atoms with van der Waals surface area (Å²) in [5, 5.41) is 8.83. The molecule has 0 atom stereocenters. The molecule has 146 valence electrons. The Morgan fingerprint density at radius 3 is 2.29 bits per heavy atom. The first kappa shape index (κ1) is 19.1. The van der Waals surface area contributed by atoms with Gasteiger partial charge in [0.05, 0.1) is 11.4 Å². The lowest BCUT2D eigenvalue weighted by Gasteiger charge is -2.33. The lowest BCUT2D eigenvalue weighted by molar-refractivity contribution is 0.168. The van der Waals surface area contributed by atoms with E-state index < -0.39 is 10.0 Å². The van der Waals surface area contributed by atoms with Gasteiger partial charge in [0.25, 0.3) is 0 Å². The smallest absolute Gasteiger partial charge is 0.247 e. The first-order valence-corrected chi connectivity index (χ1v) is 10.7. The molecule has 28 heavy (non-hydrogen) atoms. The highest BCUT2D eigenvalue weighted by molar-refractivity contribution is 7.89. The Balaban J connectivity index is 1.37. The molecule has 2 heterocycles. The summed E-state index contributed by atoms with van der Waals surface area (Å²) in [6.45, 7) is 2.54. The maximum atomic E-state index is 12.7. The molecule has 0 bridgehead atoms. The van der Waals surface area contributed by atoms with Crippen molar-refractivity contribution in [2.75, 3.05) is 26.2 Å². The quantitative estimate of drug-likeness (QED) is 0.633. The molecule has 1 aliphatic rings. The number of sulfonamides is 1. The summed E-state index contributed by atoms with van der Waals surface area (Å²) in [7, 11) is -3.45. The van der Waals surface area contributed by atoms with Gasteiger partial charge in [0.15, 0.2) is 0 Å². The van der Waals surface area contributed by atoms with E-state index in [1.54, 1.807) is 42.5 Å². The Labute approximate surface area is 168 Å². The third-order valence-corrected chi connectivity index (χ3v) is 6.79. The van der Waals surface area contributed by atoms with Crippen molar-refractivity contribution in [1.82, 2.24) is 19.4 Å². The summed E-state index contributed by atoms with van der Waals surface area (Å²) < 4.78 is 32.6. The maximum absolute atomic E-state index is 12.7. The largest absolute Gasteiger partial charge is 0.419 e. The third kappa shape index (κ3) is 4.10. The first-order valence-electron chi connectivity index (χ1n) is 8.88. The predicted octanol–water partition coefficient (Wildman–Crippen LogP) is 2.90. The van der Waals surface area contributed by atoms with Crippen molar-refractivity contribution in [3.63, 3.8) is 0 Å². The van der Waals surface area contributed by atoms with Crippen molar-refractivity contribution in [2.24, 2.45) is 0 Å². The molecule has 1 aliphatic heterocycles. The Bertz CT molecular complexity index is 1030. The van der Waals surface area contributed by atoms with Crippen molar-refractivity contribution in [1.29, 1.82) is 0 Å². The Hall–Kier alpha value is -2.26. The summed E-state index contributed by atoms with van der Waals surface area (Å²) in [4.78, 5) is 2.43. The van der Waals surface area contributed by atoms with Crippen molar-refractivity contribution >= 4 is 21.6 Å². The number of hydrogen-bond donors (Lipinski definition) is 0. The fraction of sp³-hybridized carbons (Fsp3) is 0.263. The van der Waals surface area contributed by atoms with Gasteiger partial charge in [-0.05, 0) is 36.4 Å². The van der Waals surface area contributed by atoms with Gasteiger partial charge in [-0.25, -0.2) is 8.42 Å². The number of piperazine rings is 1. The average Bonchev–Trinajstić information content (AvgIpc) is 3.18. The second kappa shape index (κ2) is 8.00. The van der Waals surface area contributed by atoms with Crippen LogP contribution in [0, 0.1) is 0 Å². The van der Waals surface area contributed by atoms with E-state index in [4.69, 9.17) is 16.0 Å². The van der Waals surface area contributed by atoms with E-state index in [0.717, 1.165) is 5.56 Å². The van der Waals surface area contributed by atoms with Crippen LogP contribution in [0.5, 0.6) is 0 Å². The highest BCUT2D eigenvalue weighted by Crippen LogP contribution is 2.22. The fourth-order valence-electron chi connectivity index (χ4n) is 3.09. The molecule has 9 heteroatoms. The van der Waals surface area contributed by atoms with E-state index >= 15 is 0 Å². The lowest BCUT2D eigenvalue weighted by Crippen LogP contribution is -2.48. The molecule has 0 N–H and O–H groups in total. The zero-order valence-electron chi connectivity index (χ0n) is 15.0. The first-order chi connectivity index (χ1) is 13.5. The van der Waals surface area contributed by atoms with E-state index in [1.807, 2.05) is 12.1 Å². The zero-order valence-corrected chi connectivity index (χ0v) is 16.6. The normalized spacial score (nSPS) is 16.3. The van der Waals surface area contributed by atoms with Gasteiger partial charge >= 0.3 is 0 Å². The molecule has 0 saturated carbocycles. The molecule has 0 radical (unpaired) electrons. The lowest BCUT2D eigenvalue weighted by atomic mass is 10.2. The summed E-state index contributed by atoms with van der Waals surface area (Å²) in [5.41, 5.74) is 0.807. The monoisotopic (exact) mass is 418 g/mol. The molecule has 0 unspecified atom stereocenters. The average molecular weight is 419 g/mol. The molecule has 7 nitrogen and oxygen atoms in total. The molecule has 1 fully saturated rings. The molecule has 0 amide bonds.